The molecule has 0 aromatic rings. The monoisotopic (exact) mass is 231 g/mol. The van der Waals surface area contributed by atoms with Crippen molar-refractivity contribution < 1.29 is 14.6 Å². The molecule has 0 heterocycles. The van der Waals surface area contributed by atoms with Crippen LogP contribution < -0.4 is 0 Å². The Kier molecular flexibility index (Phi) is 8.21. The Bertz CT molecular complexity index is 195. The van der Waals surface area contributed by atoms with E-state index in [2.05, 4.69) is 25.7 Å². The number of nitrogens with zero attached hydrogens (tertiary/aromatic N) is 1. The number of hydrogen-bond donors (Lipinski definition) is 1. The molecule has 96 valence electrons. The summed E-state index contributed by atoms with van der Waals surface area (Å²) in [7, 11) is 0. The van der Waals surface area contributed by atoms with Crippen molar-refractivity contribution in [2.45, 2.75) is 40.2 Å². The minimum Gasteiger partial charge on any atom is -0.466 e. The first kappa shape index (κ1) is 15.4. The van der Waals surface area contributed by atoms with Crippen LogP contribution in [0.2, 0.25) is 0 Å². The van der Waals surface area contributed by atoms with Crippen LogP contribution in [0.5, 0.6) is 0 Å². The highest BCUT2D eigenvalue weighted by atomic mass is 16.5. The molecule has 0 radical (unpaired) electrons. The highest BCUT2D eigenvalue weighted by molar-refractivity contribution is 5.69. The topological polar surface area (TPSA) is 49.8 Å². The maximum atomic E-state index is 11.1. The predicted octanol–water partition coefficient (Wildman–Crippen LogP) is 1.28. The fraction of sp³-hybridized carbons (Fsp3) is 0.917. The molecule has 0 aliphatic carbocycles. The largest absolute Gasteiger partial charge is 0.466 e. The van der Waals surface area contributed by atoms with E-state index in [1.165, 1.54) is 0 Å². The van der Waals surface area contributed by atoms with Crippen LogP contribution in [0.25, 0.3) is 0 Å². The second-order valence-electron chi connectivity index (χ2n) is 4.41. The zero-order valence-electron chi connectivity index (χ0n) is 10.9. The molecule has 0 saturated heterocycles. The fourth-order valence-electron chi connectivity index (χ4n) is 1.62. The van der Waals surface area contributed by atoms with E-state index in [1.54, 1.807) is 6.92 Å². The number of esters is 1. The van der Waals surface area contributed by atoms with E-state index in [4.69, 9.17) is 4.74 Å². The average molecular weight is 231 g/mol. The van der Waals surface area contributed by atoms with Gasteiger partial charge in [0.15, 0.2) is 0 Å². The third-order valence-electron chi connectivity index (χ3n) is 2.25. The zero-order valence-corrected chi connectivity index (χ0v) is 10.9. The van der Waals surface area contributed by atoms with E-state index < -0.39 is 6.10 Å². The van der Waals surface area contributed by atoms with E-state index in [-0.39, 0.29) is 12.4 Å². The van der Waals surface area contributed by atoms with Gasteiger partial charge in [-0.05, 0) is 19.4 Å². The number of ether oxygens (including phenoxy) is 1. The van der Waals surface area contributed by atoms with Gasteiger partial charge in [0, 0.05) is 13.1 Å². The standard InChI is InChI=1S/C12H25NO3/c1-5-13(8-10(3)4)9-11(14)7-12(15)16-6-2/h10-11,14H,5-9H2,1-4H3. The Morgan fingerprint density at radius 3 is 2.38 bits per heavy atom. The zero-order chi connectivity index (χ0) is 12.6. The molecule has 1 atom stereocenters. The van der Waals surface area contributed by atoms with Crippen molar-refractivity contribution in [3.8, 4) is 0 Å². The van der Waals surface area contributed by atoms with Crippen LogP contribution in [0.1, 0.15) is 34.1 Å². The van der Waals surface area contributed by atoms with Crippen LogP contribution in [-0.4, -0.2) is 48.3 Å². The molecule has 0 saturated carbocycles. The molecule has 0 spiro atoms. The van der Waals surface area contributed by atoms with Crippen LogP contribution in [-0.2, 0) is 9.53 Å². The predicted molar refractivity (Wildman–Crippen MR) is 64.2 cm³/mol. The van der Waals surface area contributed by atoms with Gasteiger partial charge in [-0.2, -0.15) is 0 Å². The van der Waals surface area contributed by atoms with Crippen molar-refractivity contribution in [1.29, 1.82) is 0 Å². The maximum Gasteiger partial charge on any atom is 0.308 e. The summed E-state index contributed by atoms with van der Waals surface area (Å²) in [6, 6.07) is 0. The van der Waals surface area contributed by atoms with Gasteiger partial charge in [-0.15, -0.1) is 0 Å². The minimum absolute atomic E-state index is 0.0857. The summed E-state index contributed by atoms with van der Waals surface area (Å²) in [5.41, 5.74) is 0. The van der Waals surface area contributed by atoms with Gasteiger partial charge in [-0.1, -0.05) is 20.8 Å². The number of aliphatic hydroxyl groups is 1. The Hall–Kier alpha value is -0.610. The highest BCUT2D eigenvalue weighted by Crippen LogP contribution is 2.03. The van der Waals surface area contributed by atoms with Gasteiger partial charge >= 0.3 is 5.97 Å². The number of carbonyl (C=O) groups excluding carboxylic acids is 1. The van der Waals surface area contributed by atoms with Crippen molar-refractivity contribution in [1.82, 2.24) is 4.90 Å². The van der Waals surface area contributed by atoms with E-state index in [0.717, 1.165) is 13.1 Å². The summed E-state index contributed by atoms with van der Waals surface area (Å²) in [5.74, 6) is 0.241. The third kappa shape index (κ3) is 7.65. The molecular weight excluding hydrogens is 206 g/mol. The van der Waals surface area contributed by atoms with Gasteiger partial charge in [0.1, 0.15) is 0 Å². The number of carbonyl (C=O) groups is 1. The lowest BCUT2D eigenvalue weighted by Crippen LogP contribution is -2.36. The van der Waals surface area contributed by atoms with Gasteiger partial charge in [0.05, 0.1) is 19.1 Å². The van der Waals surface area contributed by atoms with Crippen molar-refractivity contribution in [3.63, 3.8) is 0 Å². The van der Waals surface area contributed by atoms with Crippen molar-refractivity contribution in [3.05, 3.63) is 0 Å². The van der Waals surface area contributed by atoms with Gasteiger partial charge in [-0.25, -0.2) is 0 Å². The van der Waals surface area contributed by atoms with Crippen LogP contribution in [0.3, 0.4) is 0 Å². The van der Waals surface area contributed by atoms with Crippen LogP contribution in [0.4, 0.5) is 0 Å². The second-order valence-corrected chi connectivity index (χ2v) is 4.41. The fourth-order valence-corrected chi connectivity index (χ4v) is 1.62. The maximum absolute atomic E-state index is 11.1. The third-order valence-corrected chi connectivity index (χ3v) is 2.25. The second kappa shape index (κ2) is 8.53. The number of likely N-dealkylation sites (N-methyl/N-ethyl adjacent to an activating group) is 1. The normalized spacial score (nSPS) is 13.2. The van der Waals surface area contributed by atoms with Crippen molar-refractivity contribution in [2.75, 3.05) is 26.2 Å². The van der Waals surface area contributed by atoms with Crippen LogP contribution in [0, 0.1) is 5.92 Å². The molecule has 0 amide bonds. The summed E-state index contributed by atoms with van der Waals surface area (Å²) in [6.45, 7) is 10.8. The molecule has 0 rings (SSSR count). The van der Waals surface area contributed by atoms with Crippen LogP contribution in [0.15, 0.2) is 0 Å². The smallest absolute Gasteiger partial charge is 0.308 e. The molecule has 1 unspecified atom stereocenters. The molecular formula is C12H25NO3. The lowest BCUT2D eigenvalue weighted by atomic mass is 10.2. The lowest BCUT2D eigenvalue weighted by Gasteiger charge is -2.24. The van der Waals surface area contributed by atoms with Gasteiger partial charge < -0.3 is 14.7 Å². The first-order valence-electron chi connectivity index (χ1n) is 6.05. The summed E-state index contributed by atoms with van der Waals surface area (Å²) in [6.07, 6.45) is -0.541. The Morgan fingerprint density at radius 2 is 1.94 bits per heavy atom. The molecule has 4 nitrogen and oxygen atoms in total. The first-order valence-corrected chi connectivity index (χ1v) is 6.05. The SMILES string of the molecule is CCOC(=O)CC(O)CN(CC)CC(C)C. The number of hydrogen-bond acceptors (Lipinski definition) is 4. The summed E-state index contributed by atoms with van der Waals surface area (Å²) in [4.78, 5) is 13.3. The van der Waals surface area contributed by atoms with Gasteiger partial charge in [-0.3, -0.25) is 4.79 Å². The molecule has 16 heavy (non-hydrogen) atoms. The first-order chi connectivity index (χ1) is 7.49. The number of rotatable bonds is 8. The summed E-state index contributed by atoms with van der Waals surface area (Å²) >= 11 is 0. The van der Waals surface area contributed by atoms with Gasteiger partial charge in [0.2, 0.25) is 0 Å². The lowest BCUT2D eigenvalue weighted by molar-refractivity contribution is -0.145. The van der Waals surface area contributed by atoms with E-state index in [1.807, 2.05) is 0 Å². The minimum atomic E-state index is -0.627. The molecule has 0 aromatic heterocycles. The number of aliphatic hydroxyl groups excluding tert-OH is 1. The van der Waals surface area contributed by atoms with E-state index in [0.29, 0.717) is 19.1 Å². The highest BCUT2D eigenvalue weighted by Gasteiger charge is 2.15. The Balaban J connectivity index is 3.90. The molecule has 0 aliphatic rings. The summed E-state index contributed by atoms with van der Waals surface area (Å²) < 4.78 is 4.79. The van der Waals surface area contributed by atoms with E-state index in [9.17, 15) is 9.90 Å². The Morgan fingerprint density at radius 1 is 1.31 bits per heavy atom. The molecule has 0 bridgehead atoms. The molecule has 4 heteroatoms. The quantitative estimate of drug-likeness (QED) is 0.639. The van der Waals surface area contributed by atoms with Crippen LogP contribution >= 0.6 is 0 Å². The average Bonchev–Trinajstić information content (AvgIpc) is 2.15. The van der Waals surface area contributed by atoms with E-state index >= 15 is 0 Å². The molecule has 1 N–H and O–H groups in total. The Labute approximate surface area is 98.6 Å². The van der Waals surface area contributed by atoms with Crippen molar-refractivity contribution in [2.24, 2.45) is 5.92 Å². The van der Waals surface area contributed by atoms with Crippen molar-refractivity contribution >= 4 is 5.97 Å². The summed E-state index contributed by atoms with van der Waals surface area (Å²) in [5, 5.41) is 9.72. The molecule has 0 aliphatic heterocycles. The molecule has 0 fully saturated rings. The molecule has 0 aromatic carbocycles. The van der Waals surface area contributed by atoms with Gasteiger partial charge in [0.25, 0.3) is 0 Å².